The summed E-state index contributed by atoms with van der Waals surface area (Å²) in [5.74, 6) is 0.748. The lowest BCUT2D eigenvalue weighted by Crippen LogP contribution is -2.44. The molecule has 1 aromatic rings. The van der Waals surface area contributed by atoms with Crippen molar-refractivity contribution in [1.82, 2.24) is 10.3 Å². The quantitative estimate of drug-likeness (QED) is 0.723. The van der Waals surface area contributed by atoms with Crippen LogP contribution in [0.15, 0.2) is 23.1 Å². The van der Waals surface area contributed by atoms with Gasteiger partial charge in [-0.3, -0.25) is 0 Å². The summed E-state index contributed by atoms with van der Waals surface area (Å²) in [4.78, 5) is 13.4. The molecule has 2 N–H and O–H groups in total. The van der Waals surface area contributed by atoms with Gasteiger partial charge in [-0.25, -0.2) is 18.6 Å². The van der Waals surface area contributed by atoms with Gasteiger partial charge in [0.1, 0.15) is 5.60 Å². The van der Waals surface area contributed by atoms with Crippen molar-refractivity contribution in [3.63, 3.8) is 0 Å². The number of rotatable bonds is 7. The third-order valence-corrected chi connectivity index (χ3v) is 3.76. The number of benzene rings is 1. The summed E-state index contributed by atoms with van der Waals surface area (Å²) >= 11 is 0. The fraction of sp³-hybridized carbons (Fsp3) is 0.533. The molecule has 0 spiro atoms. The number of hydrazine groups is 1. The first-order valence-electron chi connectivity index (χ1n) is 7.49. The molecule has 0 unspecified atom stereocenters. The molecule has 1 amide bonds. The van der Waals surface area contributed by atoms with Crippen LogP contribution in [0.1, 0.15) is 34.6 Å². The second kappa shape index (κ2) is 8.20. The predicted octanol–water partition coefficient (Wildman–Crippen LogP) is 2.20. The van der Waals surface area contributed by atoms with Gasteiger partial charge in [0.2, 0.25) is 0 Å². The van der Waals surface area contributed by atoms with Crippen LogP contribution >= 0.6 is 0 Å². The zero-order valence-corrected chi connectivity index (χ0v) is 15.3. The molecule has 0 fully saturated rings. The Kier molecular flexibility index (Phi) is 6.85. The Morgan fingerprint density at radius 1 is 1.08 bits per heavy atom. The van der Waals surface area contributed by atoms with Crippen LogP contribution in [-0.4, -0.2) is 33.3 Å². The maximum absolute atomic E-state index is 12.3. The van der Waals surface area contributed by atoms with Gasteiger partial charge in [0, 0.05) is 6.07 Å². The monoisotopic (exact) mass is 360 g/mol. The van der Waals surface area contributed by atoms with Crippen LogP contribution in [0.5, 0.6) is 11.5 Å². The minimum atomic E-state index is -3.98. The van der Waals surface area contributed by atoms with Gasteiger partial charge >= 0.3 is 6.09 Å². The first-order chi connectivity index (χ1) is 11.1. The van der Waals surface area contributed by atoms with E-state index in [1.165, 1.54) is 18.2 Å². The highest BCUT2D eigenvalue weighted by molar-refractivity contribution is 7.89. The standard InChI is InChI=1S/C15H24N2O6S/c1-6-21-12-9-8-11(10-13(12)22-7-2)24(19,20)17-16-14(18)23-15(3,4)5/h8-10,17H,6-7H2,1-5H3,(H,16,18). The van der Waals surface area contributed by atoms with Gasteiger partial charge in [0.05, 0.1) is 18.1 Å². The normalized spacial score (nSPS) is 11.7. The van der Waals surface area contributed by atoms with Crippen LogP contribution in [0.3, 0.4) is 0 Å². The van der Waals surface area contributed by atoms with Gasteiger partial charge in [-0.05, 0) is 46.8 Å². The summed E-state index contributed by atoms with van der Waals surface area (Å²) in [6.45, 7) is 9.37. The fourth-order valence-electron chi connectivity index (χ4n) is 1.67. The molecule has 0 bridgehead atoms. The summed E-state index contributed by atoms with van der Waals surface area (Å²) in [7, 11) is -3.98. The van der Waals surface area contributed by atoms with Gasteiger partial charge in [0.15, 0.2) is 11.5 Å². The molecule has 9 heteroatoms. The molecular formula is C15H24N2O6S. The second-order valence-electron chi connectivity index (χ2n) is 5.71. The zero-order valence-electron chi connectivity index (χ0n) is 14.5. The maximum atomic E-state index is 12.3. The molecule has 8 nitrogen and oxygen atoms in total. The van der Waals surface area contributed by atoms with E-state index in [-0.39, 0.29) is 4.90 Å². The number of amides is 1. The number of carbonyl (C=O) groups is 1. The molecule has 1 rings (SSSR count). The Bertz CT molecular complexity index is 667. The molecule has 1 aromatic carbocycles. The molecule has 0 atom stereocenters. The smallest absolute Gasteiger partial charge is 0.423 e. The Balaban J connectivity index is 2.90. The minimum Gasteiger partial charge on any atom is -0.490 e. The van der Waals surface area contributed by atoms with E-state index in [2.05, 4.69) is 0 Å². The van der Waals surface area contributed by atoms with Crippen LogP contribution in [0.25, 0.3) is 0 Å². The van der Waals surface area contributed by atoms with Crippen LogP contribution in [-0.2, 0) is 14.8 Å². The number of ether oxygens (including phenoxy) is 3. The van der Waals surface area contributed by atoms with Crippen LogP contribution in [0, 0.1) is 0 Å². The van der Waals surface area contributed by atoms with Gasteiger partial charge in [-0.2, -0.15) is 0 Å². The van der Waals surface area contributed by atoms with Crippen LogP contribution < -0.4 is 19.7 Å². The van der Waals surface area contributed by atoms with Crippen molar-refractivity contribution in [2.75, 3.05) is 13.2 Å². The third kappa shape index (κ3) is 6.25. The minimum absolute atomic E-state index is 0.0783. The second-order valence-corrected chi connectivity index (χ2v) is 7.39. The zero-order chi connectivity index (χ0) is 18.4. The van der Waals surface area contributed by atoms with E-state index in [9.17, 15) is 13.2 Å². The lowest BCUT2D eigenvalue weighted by atomic mass is 10.2. The van der Waals surface area contributed by atoms with Gasteiger partial charge in [-0.1, -0.05) is 0 Å². The summed E-state index contributed by atoms with van der Waals surface area (Å²) < 4.78 is 40.2. The van der Waals surface area contributed by atoms with E-state index in [4.69, 9.17) is 14.2 Å². The van der Waals surface area contributed by atoms with Crippen molar-refractivity contribution >= 4 is 16.1 Å². The first-order valence-corrected chi connectivity index (χ1v) is 8.97. The first kappa shape index (κ1) is 20.0. The maximum Gasteiger partial charge on any atom is 0.423 e. The molecule has 24 heavy (non-hydrogen) atoms. The predicted molar refractivity (Wildman–Crippen MR) is 88.5 cm³/mol. The van der Waals surface area contributed by atoms with Crippen molar-refractivity contribution in [2.45, 2.75) is 45.1 Å². The topological polar surface area (TPSA) is 103 Å². The lowest BCUT2D eigenvalue weighted by molar-refractivity contribution is 0.0515. The number of hydrogen-bond acceptors (Lipinski definition) is 6. The van der Waals surface area contributed by atoms with Crippen molar-refractivity contribution in [3.8, 4) is 11.5 Å². The van der Waals surface area contributed by atoms with Crippen LogP contribution in [0.2, 0.25) is 0 Å². The summed E-state index contributed by atoms with van der Waals surface area (Å²) in [5.41, 5.74) is 1.26. The Morgan fingerprint density at radius 3 is 2.21 bits per heavy atom. The molecule has 136 valence electrons. The van der Waals surface area contributed by atoms with Gasteiger partial charge in [0.25, 0.3) is 10.0 Å². The van der Waals surface area contributed by atoms with Crippen molar-refractivity contribution in [2.24, 2.45) is 0 Å². The Labute approximate surface area is 142 Å². The highest BCUT2D eigenvalue weighted by atomic mass is 32.2. The summed E-state index contributed by atoms with van der Waals surface area (Å²) in [6.07, 6.45) is -0.901. The van der Waals surface area contributed by atoms with E-state index in [1.807, 2.05) is 17.2 Å². The molecule has 0 radical (unpaired) electrons. The Hall–Kier alpha value is -2.00. The summed E-state index contributed by atoms with van der Waals surface area (Å²) in [6, 6.07) is 4.18. The average molecular weight is 360 g/mol. The number of sulfonamides is 1. The molecule has 0 aliphatic heterocycles. The number of carbonyl (C=O) groups excluding carboxylic acids is 1. The van der Waals surface area contributed by atoms with Gasteiger partial charge in [-0.15, -0.1) is 4.83 Å². The van der Waals surface area contributed by atoms with Crippen molar-refractivity contribution < 1.29 is 27.4 Å². The third-order valence-electron chi connectivity index (χ3n) is 2.51. The molecular weight excluding hydrogens is 336 g/mol. The highest BCUT2D eigenvalue weighted by Crippen LogP contribution is 2.30. The number of hydrogen-bond donors (Lipinski definition) is 2. The lowest BCUT2D eigenvalue weighted by Gasteiger charge is -2.20. The molecule has 0 aliphatic carbocycles. The van der Waals surface area contributed by atoms with Gasteiger partial charge < -0.3 is 14.2 Å². The van der Waals surface area contributed by atoms with E-state index in [0.29, 0.717) is 24.7 Å². The Morgan fingerprint density at radius 2 is 1.67 bits per heavy atom. The molecule has 0 aromatic heterocycles. The molecule has 0 aliphatic rings. The van der Waals surface area contributed by atoms with E-state index in [1.54, 1.807) is 27.7 Å². The summed E-state index contributed by atoms with van der Waals surface area (Å²) in [5, 5.41) is 0. The van der Waals surface area contributed by atoms with E-state index >= 15 is 0 Å². The van der Waals surface area contributed by atoms with E-state index < -0.39 is 21.7 Å². The number of nitrogens with one attached hydrogen (secondary N) is 2. The molecule has 0 saturated heterocycles. The molecule has 0 saturated carbocycles. The molecule has 0 heterocycles. The largest absolute Gasteiger partial charge is 0.490 e. The SMILES string of the molecule is CCOc1ccc(S(=O)(=O)NNC(=O)OC(C)(C)C)cc1OCC. The van der Waals surface area contributed by atoms with Crippen LogP contribution in [0.4, 0.5) is 4.79 Å². The highest BCUT2D eigenvalue weighted by Gasteiger charge is 2.21. The van der Waals surface area contributed by atoms with E-state index in [0.717, 1.165) is 0 Å². The fourth-order valence-corrected chi connectivity index (χ4v) is 2.51. The average Bonchev–Trinajstić information content (AvgIpc) is 2.46. The van der Waals surface area contributed by atoms with Crippen molar-refractivity contribution in [1.29, 1.82) is 0 Å². The van der Waals surface area contributed by atoms with Crippen molar-refractivity contribution in [3.05, 3.63) is 18.2 Å².